The summed E-state index contributed by atoms with van der Waals surface area (Å²) in [4.78, 5) is 18.5. The number of nitrogens with one attached hydrogen (secondary N) is 2. The highest BCUT2D eigenvalue weighted by molar-refractivity contribution is 5.94. The molecule has 0 aromatic heterocycles. The Bertz CT molecular complexity index is 873. The maximum atomic E-state index is 12.4. The lowest BCUT2D eigenvalue weighted by molar-refractivity contribution is 0.0773. The number of ether oxygens (including phenoxy) is 1. The van der Waals surface area contributed by atoms with Crippen molar-refractivity contribution in [1.82, 2.24) is 15.5 Å². The third-order valence-corrected chi connectivity index (χ3v) is 5.40. The number of amides is 1. The van der Waals surface area contributed by atoms with Gasteiger partial charge in [-0.3, -0.25) is 9.79 Å². The summed E-state index contributed by atoms with van der Waals surface area (Å²) in [5, 5.41) is 6.69. The van der Waals surface area contributed by atoms with Crippen LogP contribution < -0.4 is 15.4 Å². The molecular weight excluding hydrogens is 376 g/mol. The summed E-state index contributed by atoms with van der Waals surface area (Å²) in [5.74, 6) is 1.87. The van der Waals surface area contributed by atoms with Gasteiger partial charge in [-0.15, -0.1) is 0 Å². The number of benzene rings is 2. The van der Waals surface area contributed by atoms with E-state index in [-0.39, 0.29) is 5.91 Å². The number of hydrogen-bond donors (Lipinski definition) is 2. The van der Waals surface area contributed by atoms with Gasteiger partial charge in [-0.2, -0.15) is 0 Å². The third-order valence-electron chi connectivity index (χ3n) is 5.40. The van der Waals surface area contributed by atoms with Crippen LogP contribution in [0, 0.1) is 0 Å². The van der Waals surface area contributed by atoms with E-state index in [9.17, 15) is 4.79 Å². The fourth-order valence-electron chi connectivity index (χ4n) is 3.59. The SMILES string of the molecule is CCN(CC)C(=O)c1ccc(CNC(=NC)NCCc2ccc3c(c2)CCO3)cc1. The van der Waals surface area contributed by atoms with E-state index in [1.807, 2.05) is 43.0 Å². The monoisotopic (exact) mass is 408 g/mol. The Hall–Kier alpha value is -3.02. The van der Waals surface area contributed by atoms with Crippen molar-refractivity contribution < 1.29 is 9.53 Å². The van der Waals surface area contributed by atoms with Gasteiger partial charge < -0.3 is 20.3 Å². The molecule has 0 bridgehead atoms. The molecule has 6 nitrogen and oxygen atoms in total. The van der Waals surface area contributed by atoms with E-state index in [1.54, 1.807) is 7.05 Å². The summed E-state index contributed by atoms with van der Waals surface area (Å²) in [7, 11) is 1.77. The minimum atomic E-state index is 0.0788. The minimum Gasteiger partial charge on any atom is -0.493 e. The molecule has 1 aliphatic heterocycles. The normalized spacial score (nSPS) is 12.8. The number of carbonyl (C=O) groups excluding carboxylic acids is 1. The van der Waals surface area contributed by atoms with Gasteiger partial charge >= 0.3 is 0 Å². The second kappa shape index (κ2) is 10.7. The average molecular weight is 409 g/mol. The Morgan fingerprint density at radius 2 is 1.80 bits per heavy atom. The van der Waals surface area contributed by atoms with Crippen molar-refractivity contribution in [3.63, 3.8) is 0 Å². The number of hydrogen-bond acceptors (Lipinski definition) is 3. The van der Waals surface area contributed by atoms with E-state index >= 15 is 0 Å². The molecule has 2 N–H and O–H groups in total. The van der Waals surface area contributed by atoms with Crippen LogP contribution in [0.15, 0.2) is 47.5 Å². The van der Waals surface area contributed by atoms with Gasteiger partial charge in [0.1, 0.15) is 5.75 Å². The molecule has 0 atom stereocenters. The van der Waals surface area contributed by atoms with Crippen molar-refractivity contribution in [2.45, 2.75) is 33.2 Å². The Balaban J connectivity index is 1.45. The predicted octanol–water partition coefficient (Wildman–Crippen LogP) is 3.01. The number of carbonyl (C=O) groups is 1. The average Bonchev–Trinajstić information content (AvgIpc) is 3.25. The molecule has 3 rings (SSSR count). The second-order valence-electron chi connectivity index (χ2n) is 7.32. The van der Waals surface area contributed by atoms with Gasteiger partial charge in [0.05, 0.1) is 6.61 Å². The number of rotatable bonds is 8. The zero-order valence-corrected chi connectivity index (χ0v) is 18.2. The first-order valence-corrected chi connectivity index (χ1v) is 10.7. The first-order valence-electron chi connectivity index (χ1n) is 10.7. The molecule has 0 unspecified atom stereocenters. The van der Waals surface area contributed by atoms with E-state index in [0.29, 0.717) is 6.54 Å². The molecule has 0 saturated carbocycles. The van der Waals surface area contributed by atoms with E-state index in [1.165, 1.54) is 11.1 Å². The van der Waals surface area contributed by atoms with E-state index in [2.05, 4.69) is 33.8 Å². The van der Waals surface area contributed by atoms with E-state index in [4.69, 9.17) is 4.74 Å². The highest BCUT2D eigenvalue weighted by Gasteiger charge is 2.13. The molecule has 30 heavy (non-hydrogen) atoms. The van der Waals surface area contributed by atoms with Crippen molar-refractivity contribution >= 4 is 11.9 Å². The van der Waals surface area contributed by atoms with Crippen LogP contribution in [0.4, 0.5) is 0 Å². The first-order chi connectivity index (χ1) is 14.6. The lowest BCUT2D eigenvalue weighted by Crippen LogP contribution is -2.37. The zero-order valence-electron chi connectivity index (χ0n) is 18.2. The number of fused-ring (bicyclic) bond motifs is 1. The van der Waals surface area contributed by atoms with Crippen molar-refractivity contribution in [2.75, 3.05) is 33.3 Å². The van der Waals surface area contributed by atoms with Crippen LogP contribution in [-0.4, -0.2) is 50.1 Å². The zero-order chi connectivity index (χ0) is 21.3. The van der Waals surface area contributed by atoms with Gasteiger partial charge in [-0.05, 0) is 55.2 Å². The van der Waals surface area contributed by atoms with Crippen molar-refractivity contribution in [3.8, 4) is 5.75 Å². The van der Waals surface area contributed by atoms with Gasteiger partial charge in [-0.25, -0.2) is 0 Å². The molecule has 0 aliphatic carbocycles. The molecular formula is C24H32N4O2. The molecule has 0 fully saturated rings. The van der Waals surface area contributed by atoms with Gasteiger partial charge in [0.15, 0.2) is 5.96 Å². The Morgan fingerprint density at radius 3 is 2.50 bits per heavy atom. The van der Waals surface area contributed by atoms with Gasteiger partial charge in [0, 0.05) is 45.2 Å². The molecule has 0 spiro atoms. The number of aliphatic imine (C=N–C) groups is 1. The van der Waals surface area contributed by atoms with Crippen LogP contribution in [0.2, 0.25) is 0 Å². The smallest absolute Gasteiger partial charge is 0.253 e. The second-order valence-corrected chi connectivity index (χ2v) is 7.32. The topological polar surface area (TPSA) is 66.0 Å². The molecule has 0 saturated heterocycles. The molecule has 0 radical (unpaired) electrons. The lowest BCUT2D eigenvalue weighted by atomic mass is 10.1. The number of guanidine groups is 1. The molecule has 160 valence electrons. The van der Waals surface area contributed by atoms with Crippen LogP contribution >= 0.6 is 0 Å². The molecule has 1 heterocycles. The highest BCUT2D eigenvalue weighted by Crippen LogP contribution is 2.25. The van der Waals surface area contributed by atoms with Gasteiger partial charge in [-0.1, -0.05) is 24.3 Å². The Morgan fingerprint density at radius 1 is 1.07 bits per heavy atom. The van der Waals surface area contributed by atoms with Gasteiger partial charge in [0.25, 0.3) is 5.91 Å². The summed E-state index contributed by atoms with van der Waals surface area (Å²) in [6, 6.07) is 14.2. The summed E-state index contributed by atoms with van der Waals surface area (Å²) in [6.45, 7) is 7.68. The first kappa shape index (κ1) is 21.7. The maximum Gasteiger partial charge on any atom is 0.253 e. The predicted molar refractivity (Wildman–Crippen MR) is 121 cm³/mol. The van der Waals surface area contributed by atoms with Crippen molar-refractivity contribution in [3.05, 3.63) is 64.7 Å². The van der Waals surface area contributed by atoms with Crippen LogP contribution in [0.3, 0.4) is 0 Å². The van der Waals surface area contributed by atoms with E-state index in [0.717, 1.165) is 61.9 Å². The molecule has 2 aromatic carbocycles. The van der Waals surface area contributed by atoms with Crippen molar-refractivity contribution in [1.29, 1.82) is 0 Å². The van der Waals surface area contributed by atoms with E-state index < -0.39 is 0 Å². The van der Waals surface area contributed by atoms with Crippen LogP contribution in [0.1, 0.15) is 40.9 Å². The molecule has 2 aromatic rings. The minimum absolute atomic E-state index is 0.0788. The van der Waals surface area contributed by atoms with Crippen molar-refractivity contribution in [2.24, 2.45) is 4.99 Å². The molecule has 1 amide bonds. The molecule has 1 aliphatic rings. The van der Waals surface area contributed by atoms with Crippen LogP contribution in [-0.2, 0) is 19.4 Å². The quantitative estimate of drug-likeness (QED) is 0.521. The largest absolute Gasteiger partial charge is 0.493 e. The number of nitrogens with zero attached hydrogens (tertiary/aromatic N) is 2. The highest BCUT2D eigenvalue weighted by atomic mass is 16.5. The summed E-state index contributed by atoms with van der Waals surface area (Å²) in [6.07, 6.45) is 1.93. The lowest BCUT2D eigenvalue weighted by Gasteiger charge is -2.18. The standard InChI is InChI=1S/C24H32N4O2/c1-4-28(5-2)23(29)20-9-6-19(7-10-20)17-27-24(25-3)26-14-12-18-8-11-22-21(16-18)13-15-30-22/h6-11,16H,4-5,12-15,17H2,1-3H3,(H2,25,26,27). The molecule has 6 heteroatoms. The fraction of sp³-hybridized carbons (Fsp3) is 0.417. The van der Waals surface area contributed by atoms with Crippen LogP contribution in [0.5, 0.6) is 5.75 Å². The van der Waals surface area contributed by atoms with Crippen LogP contribution in [0.25, 0.3) is 0 Å². The Labute approximate surface area is 179 Å². The Kier molecular flexibility index (Phi) is 7.71. The third kappa shape index (κ3) is 5.53. The maximum absolute atomic E-state index is 12.4. The fourth-order valence-corrected chi connectivity index (χ4v) is 3.59. The summed E-state index contributed by atoms with van der Waals surface area (Å²) < 4.78 is 5.57. The summed E-state index contributed by atoms with van der Waals surface area (Å²) >= 11 is 0. The van der Waals surface area contributed by atoms with Gasteiger partial charge in [0.2, 0.25) is 0 Å². The summed E-state index contributed by atoms with van der Waals surface area (Å²) in [5.41, 5.74) is 4.44.